The molecule has 0 aliphatic carbocycles. The molecule has 0 aromatic heterocycles. The van der Waals surface area contributed by atoms with Crippen molar-refractivity contribution in [3.63, 3.8) is 0 Å². The number of benzene rings is 1. The van der Waals surface area contributed by atoms with Crippen LogP contribution < -0.4 is 16.0 Å². The Balaban J connectivity index is 1.73. The molecule has 1 fully saturated rings. The van der Waals surface area contributed by atoms with Crippen LogP contribution in [0, 0.1) is 5.92 Å². The Morgan fingerprint density at radius 3 is 2.52 bits per heavy atom. The first kappa shape index (κ1) is 21.5. The summed E-state index contributed by atoms with van der Waals surface area (Å²) in [5, 5.41) is 2.91. The number of nitrogens with one attached hydrogen (secondary N) is 1. The first-order chi connectivity index (χ1) is 13.5. The lowest BCUT2D eigenvalue weighted by atomic mass is 9.95. The number of aliphatic imine (C=N–C) groups is 1. The number of rotatable bonds is 4. The Kier molecular flexibility index (Phi) is 5.84. The molecule has 10 heteroatoms. The summed E-state index contributed by atoms with van der Waals surface area (Å²) in [6.45, 7) is 3.99. The van der Waals surface area contributed by atoms with Crippen LogP contribution in [0.15, 0.2) is 29.3 Å². The molecule has 0 radical (unpaired) electrons. The topological polar surface area (TPSA) is 87.8 Å². The zero-order valence-electron chi connectivity index (χ0n) is 16.1. The van der Waals surface area contributed by atoms with Crippen LogP contribution in [0.2, 0.25) is 0 Å². The number of halogens is 3. The number of nitrogens with zero attached hydrogens (tertiary/aromatic N) is 2. The van der Waals surface area contributed by atoms with E-state index in [2.05, 4.69) is 15.2 Å². The Hall–Kier alpha value is -2.23. The summed E-state index contributed by atoms with van der Waals surface area (Å²) in [4.78, 5) is 29.0. The van der Waals surface area contributed by atoms with Crippen LogP contribution in [0.1, 0.15) is 38.3 Å². The van der Waals surface area contributed by atoms with Crippen LogP contribution in [0.5, 0.6) is 0 Å². The van der Waals surface area contributed by atoms with Gasteiger partial charge >= 0.3 is 6.18 Å². The van der Waals surface area contributed by atoms with E-state index in [0.29, 0.717) is 37.7 Å². The summed E-state index contributed by atoms with van der Waals surface area (Å²) in [6, 6.07) is 7.19. The number of primary amides is 1. The van der Waals surface area contributed by atoms with Crippen LogP contribution in [0.4, 0.5) is 18.9 Å². The Morgan fingerprint density at radius 2 is 1.97 bits per heavy atom. The van der Waals surface area contributed by atoms with E-state index in [1.165, 1.54) is 0 Å². The number of carbonyl (C=O) groups excluding carboxylic acids is 2. The number of para-hydroxylation sites is 1. The molecular weight excluding hydrogens is 405 g/mol. The standard InChI is InChI=1S/C19H23F3N4O2S/c1-11(24-17-25-16(28)18(2,29-17)19(20,21)22)13-5-3-4-6-14(13)26-9-7-12(8-10-26)15(23)27/h3-6,11-12H,7-10H2,1-2H3,(H2,23,27)(H,24,25,28)/t11-,18?/m0/s1. The number of hydrogen-bond acceptors (Lipinski definition) is 5. The van der Waals surface area contributed by atoms with Crippen molar-refractivity contribution in [2.45, 2.75) is 43.7 Å². The van der Waals surface area contributed by atoms with E-state index < -0.39 is 16.8 Å². The molecule has 3 N–H and O–H groups in total. The maximum Gasteiger partial charge on any atom is 0.412 e. The van der Waals surface area contributed by atoms with Crippen molar-refractivity contribution >= 4 is 34.4 Å². The highest BCUT2D eigenvalue weighted by molar-refractivity contribution is 8.16. The molecule has 0 spiro atoms. The minimum absolute atomic E-state index is 0.0374. The molecule has 158 valence electrons. The van der Waals surface area contributed by atoms with Crippen molar-refractivity contribution in [3.05, 3.63) is 29.8 Å². The van der Waals surface area contributed by atoms with Crippen molar-refractivity contribution in [1.82, 2.24) is 5.32 Å². The third-order valence-corrected chi connectivity index (χ3v) is 6.65. The molecule has 1 aromatic rings. The zero-order valence-corrected chi connectivity index (χ0v) is 16.9. The quantitative estimate of drug-likeness (QED) is 0.770. The predicted octanol–water partition coefficient (Wildman–Crippen LogP) is 2.99. The van der Waals surface area contributed by atoms with Crippen LogP contribution in [-0.4, -0.2) is 41.0 Å². The largest absolute Gasteiger partial charge is 0.412 e. The van der Waals surface area contributed by atoms with Gasteiger partial charge in [0.1, 0.15) is 0 Å². The van der Waals surface area contributed by atoms with E-state index >= 15 is 0 Å². The lowest BCUT2D eigenvalue weighted by Gasteiger charge is -2.34. The van der Waals surface area contributed by atoms with Crippen LogP contribution >= 0.6 is 11.8 Å². The second-order valence-corrected chi connectivity index (χ2v) is 8.85. The fraction of sp³-hybridized carbons (Fsp3) is 0.526. The maximum atomic E-state index is 13.2. The average molecular weight is 428 g/mol. The van der Waals surface area contributed by atoms with Gasteiger partial charge < -0.3 is 16.0 Å². The minimum Gasteiger partial charge on any atom is -0.371 e. The van der Waals surface area contributed by atoms with Gasteiger partial charge in [-0.15, -0.1) is 0 Å². The summed E-state index contributed by atoms with van der Waals surface area (Å²) in [7, 11) is 0. The first-order valence-corrected chi connectivity index (χ1v) is 10.1. The summed E-state index contributed by atoms with van der Waals surface area (Å²) in [5.41, 5.74) is 7.20. The van der Waals surface area contributed by atoms with Gasteiger partial charge in [-0.3, -0.25) is 9.59 Å². The van der Waals surface area contributed by atoms with Gasteiger partial charge in [0.25, 0.3) is 5.91 Å². The summed E-state index contributed by atoms with van der Waals surface area (Å²) >= 11 is 0.395. The SMILES string of the molecule is C[C@H](NC1=NC(=O)C(C)(C(F)(F)F)S1)c1ccccc1N1CCC(C(N)=O)CC1. The number of amidine groups is 1. The predicted molar refractivity (Wildman–Crippen MR) is 107 cm³/mol. The third-order valence-electron chi connectivity index (χ3n) is 5.43. The number of carbonyl (C=O) groups is 2. The third kappa shape index (κ3) is 4.22. The van der Waals surface area contributed by atoms with Gasteiger partial charge in [-0.05, 0) is 38.3 Å². The van der Waals surface area contributed by atoms with E-state index in [1.54, 1.807) is 0 Å². The highest BCUT2D eigenvalue weighted by Gasteiger charge is 2.61. The Bertz CT molecular complexity index is 837. The molecule has 0 bridgehead atoms. The maximum absolute atomic E-state index is 13.2. The fourth-order valence-corrected chi connectivity index (χ4v) is 4.51. The molecule has 2 atom stereocenters. The number of amides is 2. The Morgan fingerprint density at radius 1 is 1.34 bits per heavy atom. The van der Waals surface area contributed by atoms with Gasteiger partial charge in [0.2, 0.25) is 5.91 Å². The van der Waals surface area contributed by atoms with Crippen molar-refractivity contribution in [2.24, 2.45) is 16.6 Å². The molecule has 2 aliphatic heterocycles. The van der Waals surface area contributed by atoms with E-state index in [1.807, 2.05) is 31.2 Å². The zero-order chi connectivity index (χ0) is 21.4. The first-order valence-electron chi connectivity index (χ1n) is 9.31. The highest BCUT2D eigenvalue weighted by Crippen LogP contribution is 2.46. The Labute approximate surface area is 171 Å². The molecule has 6 nitrogen and oxygen atoms in total. The number of alkyl halides is 3. The van der Waals surface area contributed by atoms with Gasteiger partial charge in [-0.25, -0.2) is 0 Å². The molecular formula is C19H23F3N4O2S. The normalized spacial score (nSPS) is 24.4. The van der Waals surface area contributed by atoms with Crippen molar-refractivity contribution in [2.75, 3.05) is 18.0 Å². The van der Waals surface area contributed by atoms with E-state index in [9.17, 15) is 22.8 Å². The van der Waals surface area contributed by atoms with Crippen molar-refractivity contribution < 1.29 is 22.8 Å². The second-order valence-electron chi connectivity index (χ2n) is 7.44. The van der Waals surface area contributed by atoms with Gasteiger partial charge in [-0.1, -0.05) is 30.0 Å². The number of anilines is 1. The molecule has 1 aromatic carbocycles. The molecule has 2 amide bonds. The number of nitrogens with two attached hydrogens (primary N) is 1. The number of thioether (sulfide) groups is 1. The molecule has 29 heavy (non-hydrogen) atoms. The van der Waals surface area contributed by atoms with Gasteiger partial charge in [-0.2, -0.15) is 18.2 Å². The van der Waals surface area contributed by atoms with Gasteiger partial charge in [0, 0.05) is 24.7 Å². The van der Waals surface area contributed by atoms with Gasteiger partial charge in [0.15, 0.2) is 9.91 Å². The molecule has 2 heterocycles. The van der Waals surface area contributed by atoms with Crippen LogP contribution in [0.3, 0.4) is 0 Å². The van der Waals surface area contributed by atoms with Crippen molar-refractivity contribution in [1.29, 1.82) is 0 Å². The van der Waals surface area contributed by atoms with Gasteiger partial charge in [0.05, 0.1) is 6.04 Å². The average Bonchev–Trinajstić information content (AvgIpc) is 2.96. The molecule has 1 unspecified atom stereocenters. The van der Waals surface area contributed by atoms with Crippen molar-refractivity contribution in [3.8, 4) is 0 Å². The van der Waals surface area contributed by atoms with E-state index in [-0.39, 0.29) is 23.0 Å². The molecule has 0 saturated carbocycles. The highest BCUT2D eigenvalue weighted by atomic mass is 32.2. The van der Waals surface area contributed by atoms with E-state index in [4.69, 9.17) is 5.73 Å². The van der Waals surface area contributed by atoms with Crippen LogP contribution in [-0.2, 0) is 9.59 Å². The summed E-state index contributed by atoms with van der Waals surface area (Å²) in [5.74, 6) is -1.63. The van der Waals surface area contributed by atoms with E-state index in [0.717, 1.165) is 18.2 Å². The second kappa shape index (κ2) is 7.89. The molecule has 3 rings (SSSR count). The smallest absolute Gasteiger partial charge is 0.371 e. The molecule has 2 aliphatic rings. The lowest BCUT2D eigenvalue weighted by Crippen LogP contribution is -2.44. The molecule has 1 saturated heterocycles. The monoisotopic (exact) mass is 428 g/mol. The fourth-order valence-electron chi connectivity index (χ4n) is 3.51. The van der Waals surface area contributed by atoms with Crippen LogP contribution in [0.25, 0.3) is 0 Å². The number of hydrogen-bond donors (Lipinski definition) is 2. The minimum atomic E-state index is -4.69. The summed E-state index contributed by atoms with van der Waals surface area (Å²) < 4.78 is 37.2. The lowest BCUT2D eigenvalue weighted by molar-refractivity contribution is -0.165. The number of piperidine rings is 1. The summed E-state index contributed by atoms with van der Waals surface area (Å²) in [6.07, 6.45) is -3.37.